The molecule has 2 heterocycles. The maximum absolute atomic E-state index is 5.30. The van der Waals surface area contributed by atoms with Crippen LogP contribution >= 0.6 is 0 Å². The van der Waals surface area contributed by atoms with Gasteiger partial charge in [0.15, 0.2) is 0 Å². The third-order valence-electron chi connectivity index (χ3n) is 1.91. The molecule has 0 bridgehead atoms. The maximum atomic E-state index is 5.30. The van der Waals surface area contributed by atoms with E-state index in [9.17, 15) is 0 Å². The van der Waals surface area contributed by atoms with Crippen LogP contribution in [0.4, 0.5) is 0 Å². The molecule has 2 rings (SSSR count). The highest BCUT2D eigenvalue weighted by atomic mass is 16.5. The average molecular weight is 137 g/mol. The highest BCUT2D eigenvalue weighted by molar-refractivity contribution is 5.18. The first-order chi connectivity index (χ1) is 4.97. The van der Waals surface area contributed by atoms with E-state index < -0.39 is 0 Å². The van der Waals surface area contributed by atoms with Crippen LogP contribution in [-0.2, 0) is 4.74 Å². The van der Waals surface area contributed by atoms with Crippen LogP contribution < -0.4 is 0 Å². The van der Waals surface area contributed by atoms with Crippen molar-refractivity contribution in [3.05, 3.63) is 23.9 Å². The SMILES string of the molecule is C1=CCN2CCOCC2=C1. The van der Waals surface area contributed by atoms with Crippen molar-refractivity contribution >= 4 is 0 Å². The molecular weight excluding hydrogens is 126 g/mol. The number of fused-ring (bicyclic) bond motifs is 1. The number of ether oxygens (including phenoxy) is 1. The summed E-state index contributed by atoms with van der Waals surface area (Å²) >= 11 is 0. The Labute approximate surface area is 60.8 Å². The number of nitrogens with zero attached hydrogens (tertiary/aromatic N) is 1. The van der Waals surface area contributed by atoms with Crippen molar-refractivity contribution in [1.29, 1.82) is 0 Å². The van der Waals surface area contributed by atoms with E-state index >= 15 is 0 Å². The van der Waals surface area contributed by atoms with E-state index in [-0.39, 0.29) is 0 Å². The molecule has 0 aliphatic carbocycles. The van der Waals surface area contributed by atoms with Crippen LogP contribution in [0.3, 0.4) is 0 Å². The predicted octanol–water partition coefficient (Wildman–Crippen LogP) is 0.772. The summed E-state index contributed by atoms with van der Waals surface area (Å²) in [6.07, 6.45) is 6.40. The molecule has 54 valence electrons. The highest BCUT2D eigenvalue weighted by Gasteiger charge is 2.14. The lowest BCUT2D eigenvalue weighted by molar-refractivity contribution is 0.0774. The molecule has 10 heavy (non-hydrogen) atoms. The Hall–Kier alpha value is -0.760. The van der Waals surface area contributed by atoms with Crippen LogP contribution in [0.5, 0.6) is 0 Å². The molecule has 1 fully saturated rings. The van der Waals surface area contributed by atoms with Gasteiger partial charge in [0.05, 0.1) is 13.2 Å². The summed E-state index contributed by atoms with van der Waals surface area (Å²) in [7, 11) is 0. The van der Waals surface area contributed by atoms with Gasteiger partial charge >= 0.3 is 0 Å². The van der Waals surface area contributed by atoms with E-state index in [1.165, 1.54) is 5.70 Å². The van der Waals surface area contributed by atoms with E-state index in [1.807, 2.05) is 0 Å². The van der Waals surface area contributed by atoms with Crippen LogP contribution in [0.2, 0.25) is 0 Å². The molecule has 0 saturated carbocycles. The monoisotopic (exact) mass is 137 g/mol. The fourth-order valence-electron chi connectivity index (χ4n) is 1.32. The summed E-state index contributed by atoms with van der Waals surface area (Å²) < 4.78 is 5.30. The molecule has 0 unspecified atom stereocenters. The second-order valence-corrected chi connectivity index (χ2v) is 2.58. The van der Waals surface area contributed by atoms with Gasteiger partial charge in [0.25, 0.3) is 0 Å². The molecule has 2 aliphatic rings. The minimum absolute atomic E-state index is 0.796. The van der Waals surface area contributed by atoms with Crippen LogP contribution in [0.1, 0.15) is 0 Å². The second-order valence-electron chi connectivity index (χ2n) is 2.58. The van der Waals surface area contributed by atoms with Gasteiger partial charge in [-0.1, -0.05) is 12.2 Å². The van der Waals surface area contributed by atoms with Gasteiger partial charge in [-0.25, -0.2) is 0 Å². The average Bonchev–Trinajstić information content (AvgIpc) is 2.05. The Balaban J connectivity index is 2.14. The molecule has 0 N–H and O–H groups in total. The Morgan fingerprint density at radius 3 is 3.40 bits per heavy atom. The topological polar surface area (TPSA) is 12.5 Å². The Morgan fingerprint density at radius 2 is 2.50 bits per heavy atom. The van der Waals surface area contributed by atoms with Crippen molar-refractivity contribution in [3.8, 4) is 0 Å². The van der Waals surface area contributed by atoms with Crippen molar-refractivity contribution in [3.63, 3.8) is 0 Å². The van der Waals surface area contributed by atoms with E-state index in [2.05, 4.69) is 23.1 Å². The number of rotatable bonds is 0. The predicted molar refractivity (Wildman–Crippen MR) is 39.6 cm³/mol. The van der Waals surface area contributed by atoms with E-state index in [0.717, 1.165) is 26.3 Å². The van der Waals surface area contributed by atoms with Crippen molar-refractivity contribution in [2.45, 2.75) is 0 Å². The highest BCUT2D eigenvalue weighted by Crippen LogP contribution is 2.13. The van der Waals surface area contributed by atoms with Gasteiger partial charge in [-0.15, -0.1) is 0 Å². The Morgan fingerprint density at radius 1 is 1.50 bits per heavy atom. The summed E-state index contributed by atoms with van der Waals surface area (Å²) in [5, 5.41) is 0. The quantitative estimate of drug-likeness (QED) is 0.489. The molecule has 0 amide bonds. The molecule has 2 nitrogen and oxygen atoms in total. The van der Waals surface area contributed by atoms with Crippen molar-refractivity contribution in [2.24, 2.45) is 0 Å². The Kier molecular flexibility index (Phi) is 1.47. The van der Waals surface area contributed by atoms with Gasteiger partial charge in [0.1, 0.15) is 0 Å². The van der Waals surface area contributed by atoms with Crippen LogP contribution in [0.15, 0.2) is 23.9 Å². The summed E-state index contributed by atoms with van der Waals surface area (Å²) in [6.45, 7) is 3.79. The minimum atomic E-state index is 0.796. The third-order valence-corrected chi connectivity index (χ3v) is 1.91. The minimum Gasteiger partial charge on any atom is -0.373 e. The van der Waals surface area contributed by atoms with E-state index in [4.69, 9.17) is 4.74 Å². The fourth-order valence-corrected chi connectivity index (χ4v) is 1.32. The van der Waals surface area contributed by atoms with Gasteiger partial charge in [0, 0.05) is 18.8 Å². The second kappa shape index (κ2) is 2.46. The number of hydrogen-bond donors (Lipinski definition) is 0. The Bertz CT molecular complexity index is 184. The zero-order valence-corrected chi connectivity index (χ0v) is 5.92. The lowest BCUT2D eigenvalue weighted by atomic mass is 10.2. The van der Waals surface area contributed by atoms with Crippen LogP contribution in [0.25, 0.3) is 0 Å². The molecule has 1 saturated heterocycles. The van der Waals surface area contributed by atoms with Gasteiger partial charge in [-0.3, -0.25) is 0 Å². The molecule has 0 radical (unpaired) electrons. The summed E-state index contributed by atoms with van der Waals surface area (Å²) in [4.78, 5) is 2.35. The van der Waals surface area contributed by atoms with Crippen molar-refractivity contribution < 1.29 is 4.74 Å². The number of hydrogen-bond acceptors (Lipinski definition) is 2. The first-order valence-corrected chi connectivity index (χ1v) is 3.65. The maximum Gasteiger partial charge on any atom is 0.0865 e. The van der Waals surface area contributed by atoms with E-state index in [1.54, 1.807) is 0 Å². The molecule has 0 atom stereocenters. The fraction of sp³-hybridized carbons (Fsp3) is 0.500. The van der Waals surface area contributed by atoms with Gasteiger partial charge < -0.3 is 9.64 Å². The van der Waals surface area contributed by atoms with Gasteiger partial charge in [-0.05, 0) is 6.08 Å². The van der Waals surface area contributed by atoms with Crippen LogP contribution in [0, 0.1) is 0 Å². The normalized spacial score (nSPS) is 24.0. The lowest BCUT2D eigenvalue weighted by Gasteiger charge is -2.32. The van der Waals surface area contributed by atoms with Gasteiger partial charge in [-0.2, -0.15) is 0 Å². The zero-order valence-electron chi connectivity index (χ0n) is 5.92. The third kappa shape index (κ3) is 0.948. The number of morpholine rings is 1. The molecule has 0 aromatic rings. The molecule has 2 heteroatoms. The summed E-state index contributed by atoms with van der Waals surface area (Å²) in [6, 6.07) is 0. The van der Waals surface area contributed by atoms with Crippen molar-refractivity contribution in [2.75, 3.05) is 26.3 Å². The summed E-state index contributed by atoms with van der Waals surface area (Å²) in [5.41, 5.74) is 1.33. The first-order valence-electron chi connectivity index (χ1n) is 3.65. The smallest absolute Gasteiger partial charge is 0.0865 e. The van der Waals surface area contributed by atoms with Crippen molar-refractivity contribution in [1.82, 2.24) is 4.90 Å². The molecule has 0 aromatic carbocycles. The van der Waals surface area contributed by atoms with Crippen LogP contribution in [-0.4, -0.2) is 31.2 Å². The molecule has 0 aromatic heterocycles. The van der Waals surface area contributed by atoms with E-state index in [0.29, 0.717) is 0 Å². The lowest BCUT2D eigenvalue weighted by Crippen LogP contribution is -2.35. The zero-order chi connectivity index (χ0) is 6.81. The molecular formula is C8H11NO. The standard InChI is InChI=1S/C8H11NO/c1-2-4-9-5-6-10-7-8(9)3-1/h1-3H,4-7H2. The molecule has 2 aliphatic heterocycles. The summed E-state index contributed by atoms with van der Waals surface area (Å²) in [5.74, 6) is 0. The first kappa shape index (κ1) is 5.98. The number of allylic oxidation sites excluding steroid dienone is 2. The largest absolute Gasteiger partial charge is 0.373 e. The molecule has 0 spiro atoms. The van der Waals surface area contributed by atoms with Gasteiger partial charge in [0.2, 0.25) is 0 Å².